The van der Waals surface area contributed by atoms with E-state index in [1.807, 2.05) is 72.8 Å². The molecule has 0 aliphatic heterocycles. The van der Waals surface area contributed by atoms with Crippen LogP contribution in [0.4, 0.5) is 11.4 Å². The van der Waals surface area contributed by atoms with Gasteiger partial charge in [-0.1, -0.05) is 48.5 Å². The van der Waals surface area contributed by atoms with E-state index in [1.54, 1.807) is 0 Å². The number of halogens is 1. The van der Waals surface area contributed by atoms with Crippen LogP contribution in [0.15, 0.2) is 87.5 Å². The number of nitrogens with zero attached hydrogens (tertiary/aromatic N) is 2. The van der Waals surface area contributed by atoms with Gasteiger partial charge in [-0.3, -0.25) is 0 Å². The Hall–Kier alpha value is -2.46. The molecule has 3 nitrogen and oxygen atoms in total. The molecule has 3 rings (SSSR count). The highest BCUT2D eigenvalue weighted by Crippen LogP contribution is 2.39. The molecule has 0 saturated carbocycles. The molecule has 0 amide bonds. The van der Waals surface area contributed by atoms with E-state index in [-0.39, 0.29) is 5.75 Å². The molecule has 0 aromatic heterocycles. The molecular formula is C18H13BrN2O. The second kappa shape index (κ2) is 6.54. The number of hydrogen-bond acceptors (Lipinski definition) is 3. The van der Waals surface area contributed by atoms with Crippen molar-refractivity contribution in [2.75, 3.05) is 0 Å². The summed E-state index contributed by atoms with van der Waals surface area (Å²) in [5.41, 5.74) is 3.19. The Labute approximate surface area is 137 Å². The van der Waals surface area contributed by atoms with Gasteiger partial charge in [0.15, 0.2) is 5.75 Å². The van der Waals surface area contributed by atoms with Crippen LogP contribution < -0.4 is 0 Å². The average Bonchev–Trinajstić information content (AvgIpc) is 2.58. The van der Waals surface area contributed by atoms with Gasteiger partial charge >= 0.3 is 0 Å². The quantitative estimate of drug-likeness (QED) is 0.557. The van der Waals surface area contributed by atoms with Crippen molar-refractivity contribution in [2.45, 2.75) is 0 Å². The molecule has 0 aliphatic rings. The second-order valence-electron chi connectivity index (χ2n) is 4.73. The third kappa shape index (κ3) is 3.23. The molecule has 3 aromatic rings. The molecule has 0 atom stereocenters. The molecule has 0 fully saturated rings. The van der Waals surface area contributed by atoms with E-state index in [1.165, 1.54) is 0 Å². The van der Waals surface area contributed by atoms with Gasteiger partial charge in [0.25, 0.3) is 0 Å². The van der Waals surface area contributed by atoms with E-state index in [4.69, 9.17) is 0 Å². The number of phenols is 1. The fourth-order valence-corrected chi connectivity index (χ4v) is 2.51. The van der Waals surface area contributed by atoms with Crippen molar-refractivity contribution < 1.29 is 5.11 Å². The fourth-order valence-electron chi connectivity index (χ4n) is 2.06. The first kappa shape index (κ1) is 14.5. The van der Waals surface area contributed by atoms with Crippen molar-refractivity contribution in [1.29, 1.82) is 0 Å². The SMILES string of the molecule is Oc1c(Br)cc(-c2ccccc2)cc1N=Nc1ccccc1. The summed E-state index contributed by atoms with van der Waals surface area (Å²) in [7, 11) is 0. The largest absolute Gasteiger partial charge is 0.505 e. The minimum Gasteiger partial charge on any atom is -0.505 e. The Morgan fingerprint density at radius 1 is 0.727 bits per heavy atom. The van der Waals surface area contributed by atoms with E-state index in [2.05, 4.69) is 26.2 Å². The standard InChI is InChI=1S/C18H13BrN2O/c19-16-11-14(13-7-3-1-4-8-13)12-17(18(16)22)21-20-15-9-5-2-6-10-15/h1-12,22H. The first-order chi connectivity index (χ1) is 10.7. The zero-order chi connectivity index (χ0) is 15.4. The van der Waals surface area contributed by atoms with Gasteiger partial charge in [0.05, 0.1) is 10.2 Å². The number of phenolic OH excluding ortho intramolecular Hbond substituents is 1. The molecule has 4 heteroatoms. The predicted molar refractivity (Wildman–Crippen MR) is 91.9 cm³/mol. The maximum Gasteiger partial charge on any atom is 0.157 e. The normalized spacial score (nSPS) is 11.0. The van der Waals surface area contributed by atoms with Crippen molar-refractivity contribution in [3.05, 3.63) is 77.3 Å². The summed E-state index contributed by atoms with van der Waals surface area (Å²) in [6, 6.07) is 23.0. The van der Waals surface area contributed by atoms with Gasteiger partial charge < -0.3 is 5.11 Å². The summed E-state index contributed by atoms with van der Waals surface area (Å²) in [5, 5.41) is 18.5. The monoisotopic (exact) mass is 352 g/mol. The molecular weight excluding hydrogens is 340 g/mol. The third-order valence-electron chi connectivity index (χ3n) is 3.18. The first-order valence-corrected chi connectivity index (χ1v) is 7.58. The van der Waals surface area contributed by atoms with Crippen LogP contribution in [0.5, 0.6) is 5.75 Å². The van der Waals surface area contributed by atoms with Crippen LogP contribution in [-0.4, -0.2) is 5.11 Å². The Balaban J connectivity index is 2.01. The molecule has 3 aromatic carbocycles. The fraction of sp³-hybridized carbons (Fsp3) is 0. The average molecular weight is 353 g/mol. The van der Waals surface area contributed by atoms with E-state index in [0.717, 1.165) is 16.8 Å². The van der Waals surface area contributed by atoms with E-state index in [0.29, 0.717) is 10.2 Å². The molecule has 0 aliphatic carbocycles. The van der Waals surface area contributed by atoms with Crippen LogP contribution in [0, 0.1) is 0 Å². The van der Waals surface area contributed by atoms with Gasteiger partial charge in [0, 0.05) is 0 Å². The topological polar surface area (TPSA) is 45.0 Å². The molecule has 0 radical (unpaired) electrons. The lowest BCUT2D eigenvalue weighted by molar-refractivity contribution is 0.473. The van der Waals surface area contributed by atoms with Crippen molar-refractivity contribution in [3.8, 4) is 16.9 Å². The molecule has 0 spiro atoms. The zero-order valence-electron chi connectivity index (χ0n) is 11.6. The molecule has 0 bridgehead atoms. The minimum absolute atomic E-state index is 0.0827. The van der Waals surface area contributed by atoms with Crippen LogP contribution in [-0.2, 0) is 0 Å². The van der Waals surface area contributed by atoms with Crippen molar-refractivity contribution in [2.24, 2.45) is 10.2 Å². The Kier molecular flexibility index (Phi) is 4.30. The number of rotatable bonds is 3. The number of benzene rings is 3. The summed E-state index contributed by atoms with van der Waals surface area (Å²) < 4.78 is 0.593. The highest BCUT2D eigenvalue weighted by molar-refractivity contribution is 9.10. The first-order valence-electron chi connectivity index (χ1n) is 6.79. The maximum atomic E-state index is 10.1. The summed E-state index contributed by atoms with van der Waals surface area (Å²) in [5.74, 6) is 0.0827. The second-order valence-corrected chi connectivity index (χ2v) is 5.58. The lowest BCUT2D eigenvalue weighted by Gasteiger charge is -2.06. The van der Waals surface area contributed by atoms with Gasteiger partial charge in [0.2, 0.25) is 0 Å². The smallest absolute Gasteiger partial charge is 0.157 e. The van der Waals surface area contributed by atoms with Crippen LogP contribution >= 0.6 is 15.9 Å². The molecule has 0 saturated heterocycles. The van der Waals surface area contributed by atoms with Gasteiger partial charge in [-0.25, -0.2) is 0 Å². The van der Waals surface area contributed by atoms with Crippen LogP contribution in [0.25, 0.3) is 11.1 Å². The van der Waals surface area contributed by atoms with Crippen LogP contribution in [0.2, 0.25) is 0 Å². The highest BCUT2D eigenvalue weighted by Gasteiger charge is 2.09. The third-order valence-corrected chi connectivity index (χ3v) is 3.78. The van der Waals surface area contributed by atoms with E-state index < -0.39 is 0 Å². The van der Waals surface area contributed by atoms with Crippen LogP contribution in [0.3, 0.4) is 0 Å². The van der Waals surface area contributed by atoms with Crippen molar-refractivity contribution in [1.82, 2.24) is 0 Å². The molecule has 0 heterocycles. The summed E-state index contributed by atoms with van der Waals surface area (Å²) in [6.45, 7) is 0. The lowest BCUT2D eigenvalue weighted by atomic mass is 10.1. The summed E-state index contributed by atoms with van der Waals surface area (Å²) >= 11 is 3.37. The highest BCUT2D eigenvalue weighted by atomic mass is 79.9. The zero-order valence-corrected chi connectivity index (χ0v) is 13.2. The van der Waals surface area contributed by atoms with Crippen LogP contribution in [0.1, 0.15) is 0 Å². The number of azo groups is 1. The predicted octanol–water partition coefficient (Wildman–Crippen LogP) is 6.24. The molecule has 0 unspecified atom stereocenters. The Bertz CT molecular complexity index is 802. The maximum absolute atomic E-state index is 10.1. The van der Waals surface area contributed by atoms with Gasteiger partial charge in [-0.2, -0.15) is 5.11 Å². The van der Waals surface area contributed by atoms with Gasteiger partial charge in [-0.05, 0) is 51.3 Å². The molecule has 108 valence electrons. The lowest BCUT2D eigenvalue weighted by Crippen LogP contribution is -1.79. The Morgan fingerprint density at radius 2 is 1.36 bits per heavy atom. The Morgan fingerprint density at radius 3 is 2.05 bits per heavy atom. The molecule has 1 N–H and O–H groups in total. The van der Waals surface area contributed by atoms with E-state index >= 15 is 0 Å². The van der Waals surface area contributed by atoms with Gasteiger partial charge in [0.1, 0.15) is 5.69 Å². The molecule has 22 heavy (non-hydrogen) atoms. The number of aromatic hydroxyl groups is 1. The minimum atomic E-state index is 0.0827. The summed E-state index contributed by atoms with van der Waals surface area (Å²) in [6.07, 6.45) is 0. The number of hydrogen-bond donors (Lipinski definition) is 1. The van der Waals surface area contributed by atoms with E-state index in [9.17, 15) is 5.11 Å². The van der Waals surface area contributed by atoms with Gasteiger partial charge in [-0.15, -0.1) is 5.11 Å². The summed E-state index contributed by atoms with van der Waals surface area (Å²) in [4.78, 5) is 0. The van der Waals surface area contributed by atoms with Crippen molar-refractivity contribution in [3.63, 3.8) is 0 Å². The van der Waals surface area contributed by atoms with Crippen molar-refractivity contribution >= 4 is 27.3 Å².